The first-order valence-corrected chi connectivity index (χ1v) is 5.17. The number of aromatic nitrogens is 3. The maximum atomic E-state index is 11.3. The van der Waals surface area contributed by atoms with Crippen LogP contribution in [0.4, 0.5) is 4.79 Å². The summed E-state index contributed by atoms with van der Waals surface area (Å²) in [5.41, 5.74) is -0.139. The highest BCUT2D eigenvalue weighted by Gasteiger charge is 2.08. The maximum absolute atomic E-state index is 11.3. The van der Waals surface area contributed by atoms with Gasteiger partial charge >= 0.3 is 12.0 Å². The van der Waals surface area contributed by atoms with Crippen molar-refractivity contribution in [3.8, 4) is 12.3 Å². The molecule has 1 aromatic rings. The van der Waals surface area contributed by atoms with E-state index < -0.39 is 5.97 Å². The molecular weight excluding hydrogens is 238 g/mol. The van der Waals surface area contributed by atoms with Crippen LogP contribution in [0.15, 0.2) is 6.20 Å². The molecule has 2 amide bonds. The van der Waals surface area contributed by atoms with Crippen LogP contribution in [0.25, 0.3) is 0 Å². The SMILES string of the molecule is C#CC(C)NC(=O)NCCn1cc(C(=O)O)nn1. The summed E-state index contributed by atoms with van der Waals surface area (Å²) in [4.78, 5) is 21.8. The number of urea groups is 1. The van der Waals surface area contributed by atoms with Gasteiger partial charge in [0.15, 0.2) is 5.69 Å². The monoisotopic (exact) mass is 251 g/mol. The zero-order valence-electron chi connectivity index (χ0n) is 9.75. The highest BCUT2D eigenvalue weighted by Crippen LogP contribution is 1.91. The van der Waals surface area contributed by atoms with Crippen molar-refractivity contribution < 1.29 is 14.7 Å². The Bertz CT molecular complexity index is 476. The number of aromatic carboxylic acids is 1. The fourth-order valence-electron chi connectivity index (χ4n) is 1.08. The highest BCUT2D eigenvalue weighted by molar-refractivity contribution is 5.84. The molecule has 0 bridgehead atoms. The molecule has 1 heterocycles. The average molecular weight is 251 g/mol. The summed E-state index contributed by atoms with van der Waals surface area (Å²) in [7, 11) is 0. The lowest BCUT2D eigenvalue weighted by molar-refractivity contribution is 0.0690. The van der Waals surface area contributed by atoms with Gasteiger partial charge in [-0.3, -0.25) is 0 Å². The molecule has 0 saturated carbocycles. The Kier molecular flexibility index (Phi) is 4.68. The molecule has 0 aliphatic rings. The van der Waals surface area contributed by atoms with Crippen molar-refractivity contribution in [1.82, 2.24) is 25.6 Å². The average Bonchev–Trinajstić information content (AvgIpc) is 2.77. The molecule has 1 rings (SSSR count). The van der Waals surface area contributed by atoms with Gasteiger partial charge in [-0.05, 0) is 6.92 Å². The van der Waals surface area contributed by atoms with Crippen LogP contribution in [0, 0.1) is 12.3 Å². The maximum Gasteiger partial charge on any atom is 0.358 e. The van der Waals surface area contributed by atoms with Crippen molar-refractivity contribution in [1.29, 1.82) is 0 Å². The molecule has 1 atom stereocenters. The van der Waals surface area contributed by atoms with Crippen molar-refractivity contribution in [2.24, 2.45) is 0 Å². The lowest BCUT2D eigenvalue weighted by atomic mass is 10.4. The van der Waals surface area contributed by atoms with Crippen molar-refractivity contribution in [2.45, 2.75) is 19.5 Å². The van der Waals surface area contributed by atoms with E-state index in [0.29, 0.717) is 6.54 Å². The van der Waals surface area contributed by atoms with E-state index >= 15 is 0 Å². The second-order valence-corrected chi connectivity index (χ2v) is 3.46. The molecule has 0 fully saturated rings. The second-order valence-electron chi connectivity index (χ2n) is 3.46. The third kappa shape index (κ3) is 4.13. The fraction of sp³-hybridized carbons (Fsp3) is 0.400. The van der Waals surface area contributed by atoms with Crippen molar-refractivity contribution in [3.05, 3.63) is 11.9 Å². The number of rotatable bonds is 5. The highest BCUT2D eigenvalue weighted by atomic mass is 16.4. The first-order valence-electron chi connectivity index (χ1n) is 5.17. The first-order chi connectivity index (χ1) is 8.52. The molecule has 0 radical (unpaired) electrons. The first kappa shape index (κ1) is 13.5. The normalized spacial score (nSPS) is 11.3. The van der Waals surface area contributed by atoms with Gasteiger partial charge in [0.1, 0.15) is 0 Å². The van der Waals surface area contributed by atoms with Gasteiger partial charge in [-0.2, -0.15) is 0 Å². The molecule has 0 saturated heterocycles. The van der Waals surface area contributed by atoms with Crippen LogP contribution in [0.2, 0.25) is 0 Å². The number of nitrogens with one attached hydrogen (secondary N) is 2. The number of amides is 2. The lowest BCUT2D eigenvalue weighted by Gasteiger charge is -2.09. The molecule has 3 N–H and O–H groups in total. The number of hydrogen-bond acceptors (Lipinski definition) is 4. The van der Waals surface area contributed by atoms with E-state index in [1.165, 1.54) is 10.9 Å². The number of terminal acetylenes is 1. The van der Waals surface area contributed by atoms with E-state index in [0.717, 1.165) is 0 Å². The van der Waals surface area contributed by atoms with Crippen LogP contribution in [0.1, 0.15) is 17.4 Å². The summed E-state index contributed by atoms with van der Waals surface area (Å²) in [6.45, 7) is 2.28. The molecule has 8 nitrogen and oxygen atoms in total. The topological polar surface area (TPSA) is 109 Å². The predicted molar refractivity (Wildman–Crippen MR) is 61.8 cm³/mol. The van der Waals surface area contributed by atoms with Crippen molar-refractivity contribution in [2.75, 3.05) is 6.54 Å². The molecule has 0 aliphatic heterocycles. The standard InChI is InChI=1S/C10H13N5O3/c1-3-7(2)12-10(18)11-4-5-15-6-8(9(16)17)13-14-15/h1,6-7H,4-5H2,2H3,(H,16,17)(H2,11,12,18). The summed E-state index contributed by atoms with van der Waals surface area (Å²) in [6.07, 6.45) is 6.38. The van der Waals surface area contributed by atoms with Gasteiger partial charge in [0.05, 0.1) is 18.8 Å². The fourth-order valence-corrected chi connectivity index (χ4v) is 1.08. The molecular formula is C10H13N5O3. The Morgan fingerprint density at radius 3 is 2.94 bits per heavy atom. The minimum Gasteiger partial charge on any atom is -0.476 e. The summed E-state index contributed by atoms with van der Waals surface area (Å²) >= 11 is 0. The van der Waals surface area contributed by atoms with Gasteiger partial charge in [-0.25, -0.2) is 14.3 Å². The second kappa shape index (κ2) is 6.24. The number of carboxylic acid groups (broad SMARTS) is 1. The van der Waals surface area contributed by atoms with E-state index in [2.05, 4.69) is 26.9 Å². The Balaban J connectivity index is 2.31. The van der Waals surface area contributed by atoms with Gasteiger partial charge in [0, 0.05) is 6.54 Å². The van der Waals surface area contributed by atoms with E-state index in [9.17, 15) is 9.59 Å². The number of carboxylic acids is 1. The largest absolute Gasteiger partial charge is 0.476 e. The Morgan fingerprint density at radius 1 is 1.67 bits per heavy atom. The minimum absolute atomic E-state index is 0.139. The zero-order chi connectivity index (χ0) is 13.5. The smallest absolute Gasteiger partial charge is 0.358 e. The summed E-state index contributed by atoms with van der Waals surface area (Å²) < 4.78 is 1.33. The van der Waals surface area contributed by atoms with E-state index in [-0.39, 0.29) is 24.3 Å². The predicted octanol–water partition coefficient (Wildman–Crippen LogP) is -0.703. The van der Waals surface area contributed by atoms with E-state index in [1.54, 1.807) is 6.92 Å². The Labute approximate surface area is 103 Å². The van der Waals surface area contributed by atoms with Crippen molar-refractivity contribution in [3.63, 3.8) is 0 Å². The number of nitrogens with zero attached hydrogens (tertiary/aromatic N) is 3. The minimum atomic E-state index is -1.14. The van der Waals surface area contributed by atoms with Crippen LogP contribution in [-0.2, 0) is 6.54 Å². The number of carbonyl (C=O) groups is 2. The van der Waals surface area contributed by atoms with Crippen LogP contribution in [0.5, 0.6) is 0 Å². The lowest BCUT2D eigenvalue weighted by Crippen LogP contribution is -2.41. The molecule has 1 aromatic heterocycles. The van der Waals surface area contributed by atoms with Crippen LogP contribution < -0.4 is 10.6 Å². The summed E-state index contributed by atoms with van der Waals surface area (Å²) in [5, 5.41) is 20.7. The zero-order valence-corrected chi connectivity index (χ0v) is 9.75. The van der Waals surface area contributed by atoms with Gasteiger partial charge < -0.3 is 15.7 Å². The Hall–Kier alpha value is -2.56. The molecule has 8 heteroatoms. The summed E-state index contributed by atoms with van der Waals surface area (Å²) in [6, 6.07) is -0.742. The quantitative estimate of drug-likeness (QED) is 0.599. The Morgan fingerprint density at radius 2 is 2.39 bits per heavy atom. The summed E-state index contributed by atoms with van der Waals surface area (Å²) in [5.74, 6) is 1.21. The molecule has 0 aromatic carbocycles. The van der Waals surface area contributed by atoms with Crippen LogP contribution >= 0.6 is 0 Å². The van der Waals surface area contributed by atoms with Gasteiger partial charge in [-0.15, -0.1) is 11.5 Å². The van der Waals surface area contributed by atoms with Gasteiger partial charge in [0.2, 0.25) is 0 Å². The van der Waals surface area contributed by atoms with Crippen molar-refractivity contribution >= 4 is 12.0 Å². The number of carbonyl (C=O) groups excluding carboxylic acids is 1. The van der Waals surface area contributed by atoms with Gasteiger partial charge in [0.25, 0.3) is 0 Å². The molecule has 0 aliphatic carbocycles. The van der Waals surface area contributed by atoms with Gasteiger partial charge in [-0.1, -0.05) is 11.1 Å². The third-order valence-corrected chi connectivity index (χ3v) is 1.98. The molecule has 18 heavy (non-hydrogen) atoms. The van der Waals surface area contributed by atoms with Crippen LogP contribution in [-0.4, -0.2) is 44.7 Å². The molecule has 96 valence electrons. The third-order valence-electron chi connectivity index (χ3n) is 1.98. The van der Waals surface area contributed by atoms with Crippen LogP contribution in [0.3, 0.4) is 0 Å². The molecule has 1 unspecified atom stereocenters. The van der Waals surface area contributed by atoms with E-state index in [4.69, 9.17) is 11.5 Å². The van der Waals surface area contributed by atoms with E-state index in [1.807, 2.05) is 0 Å². The number of hydrogen-bond donors (Lipinski definition) is 3. The molecule has 0 spiro atoms.